The quantitative estimate of drug-likeness (QED) is 0.639. The highest BCUT2D eigenvalue weighted by Crippen LogP contribution is 2.27. The van der Waals surface area contributed by atoms with Gasteiger partial charge in [0.15, 0.2) is 0 Å². The molecule has 0 saturated heterocycles. The zero-order valence-corrected chi connectivity index (χ0v) is 14.0. The topological polar surface area (TPSA) is 12.0 Å². The normalized spacial score (nSPS) is 12.2. The Morgan fingerprint density at radius 3 is 2.33 bits per heavy atom. The van der Waals surface area contributed by atoms with Crippen molar-refractivity contribution in [1.29, 1.82) is 0 Å². The molecule has 1 unspecified atom stereocenters. The van der Waals surface area contributed by atoms with Gasteiger partial charge >= 0.3 is 0 Å². The molecule has 0 radical (unpaired) electrons. The first-order valence-electron chi connectivity index (χ1n) is 7.40. The number of aryl methyl sites for hydroxylation is 1. The van der Waals surface area contributed by atoms with Gasteiger partial charge in [-0.05, 0) is 55.2 Å². The maximum atomic E-state index is 6.07. The lowest BCUT2D eigenvalue weighted by atomic mass is 10.1. The Balaban J connectivity index is 2.01. The molecule has 0 amide bonds. The Hall–Kier alpha value is -1.18. The van der Waals surface area contributed by atoms with Crippen LogP contribution >= 0.6 is 23.2 Å². The summed E-state index contributed by atoms with van der Waals surface area (Å²) in [6.45, 7) is 4.33. The summed E-state index contributed by atoms with van der Waals surface area (Å²) < 4.78 is 0. The van der Waals surface area contributed by atoms with Crippen LogP contribution < -0.4 is 5.32 Å². The molecule has 0 bridgehead atoms. The number of hydrogen-bond acceptors (Lipinski definition) is 1. The highest BCUT2D eigenvalue weighted by atomic mass is 35.5. The molecule has 0 spiro atoms. The molecule has 3 heteroatoms. The third-order valence-corrected chi connectivity index (χ3v) is 4.34. The maximum absolute atomic E-state index is 6.07. The second-order valence-electron chi connectivity index (χ2n) is 5.34. The molecule has 0 aromatic heterocycles. The number of halogens is 2. The zero-order valence-electron chi connectivity index (χ0n) is 12.5. The zero-order chi connectivity index (χ0) is 15.2. The van der Waals surface area contributed by atoms with Crippen molar-refractivity contribution in [3.8, 4) is 0 Å². The lowest BCUT2D eigenvalue weighted by Gasteiger charge is -2.16. The summed E-state index contributed by atoms with van der Waals surface area (Å²) in [6, 6.07) is 14.6. The molecule has 0 heterocycles. The summed E-state index contributed by atoms with van der Waals surface area (Å²) in [6.07, 6.45) is 3.62. The van der Waals surface area contributed by atoms with Crippen LogP contribution in [0.25, 0.3) is 0 Å². The number of unbranched alkanes of at least 4 members (excludes halogenated alkanes) is 1. The first kappa shape index (κ1) is 16.2. The van der Waals surface area contributed by atoms with Gasteiger partial charge in [0.05, 0.1) is 10.0 Å². The van der Waals surface area contributed by atoms with Gasteiger partial charge in [0.1, 0.15) is 0 Å². The minimum atomic E-state index is 0.182. The van der Waals surface area contributed by atoms with Gasteiger partial charge in [0.2, 0.25) is 0 Å². The Morgan fingerprint density at radius 2 is 1.71 bits per heavy atom. The molecule has 0 saturated carbocycles. The molecule has 2 aromatic carbocycles. The molecule has 0 aliphatic rings. The SMILES string of the molecule is CCCCc1ccc(NC(C)c2ccc(Cl)c(Cl)c2)cc1. The third kappa shape index (κ3) is 4.66. The van der Waals surface area contributed by atoms with E-state index in [1.54, 1.807) is 0 Å². The molecule has 0 aliphatic heterocycles. The first-order valence-corrected chi connectivity index (χ1v) is 8.16. The van der Waals surface area contributed by atoms with E-state index in [-0.39, 0.29) is 6.04 Å². The molecule has 112 valence electrons. The van der Waals surface area contributed by atoms with E-state index in [2.05, 4.69) is 43.4 Å². The van der Waals surface area contributed by atoms with Crippen molar-refractivity contribution in [2.45, 2.75) is 39.2 Å². The molecule has 1 atom stereocenters. The van der Waals surface area contributed by atoms with Gasteiger partial charge in [-0.25, -0.2) is 0 Å². The van der Waals surface area contributed by atoms with Gasteiger partial charge in [0.25, 0.3) is 0 Å². The number of rotatable bonds is 6. The van der Waals surface area contributed by atoms with E-state index in [9.17, 15) is 0 Å². The molecule has 0 aliphatic carbocycles. The van der Waals surface area contributed by atoms with E-state index in [1.165, 1.54) is 18.4 Å². The molecule has 21 heavy (non-hydrogen) atoms. The van der Waals surface area contributed by atoms with Crippen molar-refractivity contribution in [2.75, 3.05) is 5.32 Å². The standard InChI is InChI=1S/C18H21Cl2N/c1-3-4-5-14-6-9-16(10-7-14)21-13(2)15-8-11-17(19)18(20)12-15/h6-13,21H,3-5H2,1-2H3. The molecular formula is C18H21Cl2N. The fraction of sp³-hybridized carbons (Fsp3) is 0.333. The lowest BCUT2D eigenvalue weighted by Crippen LogP contribution is -2.06. The van der Waals surface area contributed by atoms with E-state index in [1.807, 2.05) is 18.2 Å². The van der Waals surface area contributed by atoms with Crippen LogP contribution in [0.2, 0.25) is 10.0 Å². The van der Waals surface area contributed by atoms with Crippen molar-refractivity contribution < 1.29 is 0 Å². The van der Waals surface area contributed by atoms with Crippen LogP contribution in [0.15, 0.2) is 42.5 Å². The first-order chi connectivity index (χ1) is 10.1. The molecule has 1 N–H and O–H groups in total. The minimum absolute atomic E-state index is 0.182. The Kier molecular flexibility index (Phi) is 5.96. The number of hydrogen-bond donors (Lipinski definition) is 1. The Morgan fingerprint density at radius 1 is 1.00 bits per heavy atom. The number of benzene rings is 2. The van der Waals surface area contributed by atoms with Crippen LogP contribution in [0.3, 0.4) is 0 Å². The van der Waals surface area contributed by atoms with Crippen LogP contribution in [-0.4, -0.2) is 0 Å². The number of nitrogens with one attached hydrogen (secondary N) is 1. The third-order valence-electron chi connectivity index (χ3n) is 3.60. The van der Waals surface area contributed by atoms with Gasteiger partial charge < -0.3 is 5.32 Å². The summed E-state index contributed by atoms with van der Waals surface area (Å²) >= 11 is 12.0. The van der Waals surface area contributed by atoms with Gasteiger partial charge in [-0.1, -0.05) is 54.7 Å². The average Bonchev–Trinajstić information content (AvgIpc) is 2.49. The smallest absolute Gasteiger partial charge is 0.0595 e. The largest absolute Gasteiger partial charge is 0.379 e. The highest BCUT2D eigenvalue weighted by molar-refractivity contribution is 6.42. The van der Waals surface area contributed by atoms with Crippen molar-refractivity contribution in [3.05, 3.63) is 63.6 Å². The summed E-state index contributed by atoms with van der Waals surface area (Å²) in [5.74, 6) is 0. The van der Waals surface area contributed by atoms with Gasteiger partial charge in [-0.15, -0.1) is 0 Å². The van der Waals surface area contributed by atoms with Gasteiger partial charge in [-0.3, -0.25) is 0 Å². The van der Waals surface area contributed by atoms with E-state index in [4.69, 9.17) is 23.2 Å². The Bertz CT molecular complexity index is 578. The highest BCUT2D eigenvalue weighted by Gasteiger charge is 2.07. The van der Waals surface area contributed by atoms with Crippen molar-refractivity contribution >= 4 is 28.9 Å². The van der Waals surface area contributed by atoms with E-state index in [0.29, 0.717) is 10.0 Å². The Labute approximate surface area is 137 Å². The van der Waals surface area contributed by atoms with Crippen LogP contribution in [0.5, 0.6) is 0 Å². The second kappa shape index (κ2) is 7.72. The molecule has 2 rings (SSSR count). The molecule has 1 nitrogen and oxygen atoms in total. The molecule has 2 aromatic rings. The van der Waals surface area contributed by atoms with Crippen molar-refractivity contribution in [3.63, 3.8) is 0 Å². The van der Waals surface area contributed by atoms with E-state index < -0.39 is 0 Å². The maximum Gasteiger partial charge on any atom is 0.0595 e. The summed E-state index contributed by atoms with van der Waals surface area (Å²) in [5, 5.41) is 4.67. The predicted octanol–water partition coefficient (Wildman–Crippen LogP) is 6.51. The van der Waals surface area contributed by atoms with Crippen LogP contribution in [-0.2, 0) is 6.42 Å². The second-order valence-corrected chi connectivity index (χ2v) is 6.15. The minimum Gasteiger partial charge on any atom is -0.379 e. The van der Waals surface area contributed by atoms with Gasteiger partial charge in [0, 0.05) is 11.7 Å². The van der Waals surface area contributed by atoms with Crippen molar-refractivity contribution in [2.24, 2.45) is 0 Å². The monoisotopic (exact) mass is 321 g/mol. The van der Waals surface area contributed by atoms with Crippen LogP contribution in [0.4, 0.5) is 5.69 Å². The molecular weight excluding hydrogens is 301 g/mol. The number of anilines is 1. The van der Waals surface area contributed by atoms with Gasteiger partial charge in [-0.2, -0.15) is 0 Å². The fourth-order valence-corrected chi connectivity index (χ4v) is 2.57. The summed E-state index contributed by atoms with van der Waals surface area (Å²) in [7, 11) is 0. The van der Waals surface area contributed by atoms with E-state index in [0.717, 1.165) is 17.7 Å². The van der Waals surface area contributed by atoms with Crippen LogP contribution in [0.1, 0.15) is 43.9 Å². The van der Waals surface area contributed by atoms with Crippen LogP contribution in [0, 0.1) is 0 Å². The predicted molar refractivity (Wildman–Crippen MR) is 93.6 cm³/mol. The fourth-order valence-electron chi connectivity index (χ4n) is 2.26. The molecule has 0 fully saturated rings. The van der Waals surface area contributed by atoms with E-state index >= 15 is 0 Å². The summed E-state index contributed by atoms with van der Waals surface area (Å²) in [4.78, 5) is 0. The summed E-state index contributed by atoms with van der Waals surface area (Å²) in [5.41, 5.74) is 3.64. The van der Waals surface area contributed by atoms with Crippen molar-refractivity contribution in [1.82, 2.24) is 0 Å². The lowest BCUT2D eigenvalue weighted by molar-refractivity contribution is 0.795. The average molecular weight is 322 g/mol.